The molecule has 4 fully saturated rings. The van der Waals surface area contributed by atoms with Crippen LogP contribution < -0.4 is 27.0 Å². The lowest BCUT2D eigenvalue weighted by atomic mass is 9.43. The van der Waals surface area contributed by atoms with Crippen molar-refractivity contribution in [1.29, 1.82) is 0 Å². The first-order valence-electron chi connectivity index (χ1n) is 24.3. The Morgan fingerprint density at radius 3 is 1.71 bits per heavy atom. The number of carbonyl (C=O) groups is 5. The molecule has 4 rings (SSSR count). The lowest BCUT2D eigenvalue weighted by Gasteiger charge is -2.63. The number of methoxy groups -OCH3 is 1. The van der Waals surface area contributed by atoms with Crippen LogP contribution in [0.5, 0.6) is 0 Å². The van der Waals surface area contributed by atoms with Crippen LogP contribution in [0.3, 0.4) is 0 Å². The van der Waals surface area contributed by atoms with E-state index in [0.29, 0.717) is 51.4 Å². The summed E-state index contributed by atoms with van der Waals surface area (Å²) in [5.41, 5.74) is 5.73. The molecule has 356 valence electrons. The number of nitrogens with two attached hydrogens (primary N) is 1. The number of aliphatic hydroxyl groups is 2. The van der Waals surface area contributed by atoms with Gasteiger partial charge in [0.25, 0.3) is 0 Å². The first-order chi connectivity index (χ1) is 28.9. The minimum absolute atomic E-state index is 0.0544. The zero-order chi connectivity index (χ0) is 46.4. The predicted octanol–water partition coefficient (Wildman–Crippen LogP) is 5.63. The van der Waals surface area contributed by atoms with Gasteiger partial charge in [0, 0.05) is 12.5 Å². The molecule has 4 aliphatic rings. The van der Waals surface area contributed by atoms with Gasteiger partial charge in [-0.3, -0.25) is 24.0 Å². The maximum absolute atomic E-state index is 14.2. The SMILES string of the molecule is COC(=O)CCC(C)[C@H]1CCC2C3C(O)C[C@@H]4C[C@@H](NC(=O)C(CC(C)C)NC(=O)C(CC(C)C)NC(=O)C(CC(C)C)NC(=O)C(N)CC(C)C)CC[C@]4(C)C3C[C@H](O)[C@@]21C. The Morgan fingerprint density at radius 1 is 0.677 bits per heavy atom. The molecule has 0 bridgehead atoms. The molecule has 0 saturated heterocycles. The molecule has 8 N–H and O–H groups in total. The van der Waals surface area contributed by atoms with Gasteiger partial charge < -0.3 is 42.0 Å². The smallest absolute Gasteiger partial charge is 0.305 e. The molecule has 0 aliphatic heterocycles. The monoisotopic (exact) mass is 874 g/mol. The van der Waals surface area contributed by atoms with E-state index >= 15 is 0 Å². The van der Waals surface area contributed by atoms with Crippen molar-refractivity contribution in [2.45, 2.75) is 202 Å². The summed E-state index contributed by atoms with van der Waals surface area (Å²) in [6, 6.07) is -3.49. The number of ether oxygens (including phenoxy) is 1. The number of nitrogens with one attached hydrogen (secondary N) is 4. The summed E-state index contributed by atoms with van der Waals surface area (Å²) in [7, 11) is 1.42. The Morgan fingerprint density at radius 2 is 1.19 bits per heavy atom. The van der Waals surface area contributed by atoms with Gasteiger partial charge in [0.1, 0.15) is 18.1 Å². The minimum Gasteiger partial charge on any atom is -0.469 e. The predicted molar refractivity (Wildman–Crippen MR) is 242 cm³/mol. The Balaban J connectivity index is 1.44. The fraction of sp³-hybridized carbons (Fsp3) is 0.898. The maximum Gasteiger partial charge on any atom is 0.305 e. The molecule has 62 heavy (non-hydrogen) atoms. The first kappa shape index (κ1) is 51.9. The van der Waals surface area contributed by atoms with E-state index in [1.165, 1.54) is 7.11 Å². The first-order valence-corrected chi connectivity index (χ1v) is 24.3. The third kappa shape index (κ3) is 12.3. The van der Waals surface area contributed by atoms with E-state index in [0.717, 1.165) is 32.1 Å². The molecule has 0 radical (unpaired) electrons. The van der Waals surface area contributed by atoms with E-state index in [1.54, 1.807) is 0 Å². The van der Waals surface area contributed by atoms with Crippen molar-refractivity contribution in [2.75, 3.05) is 7.11 Å². The molecule has 0 aromatic heterocycles. The highest BCUT2D eigenvalue weighted by molar-refractivity contribution is 5.94. The third-order valence-electron chi connectivity index (χ3n) is 16.0. The van der Waals surface area contributed by atoms with Gasteiger partial charge in [0.05, 0.1) is 25.4 Å². The molecular formula is C49H87N5O8. The van der Waals surface area contributed by atoms with Crippen LogP contribution in [0.4, 0.5) is 0 Å². The van der Waals surface area contributed by atoms with E-state index in [9.17, 15) is 34.2 Å². The van der Waals surface area contributed by atoms with Gasteiger partial charge in [-0.2, -0.15) is 0 Å². The molecule has 9 unspecified atom stereocenters. The van der Waals surface area contributed by atoms with Crippen LogP contribution in [0, 0.1) is 70.0 Å². The summed E-state index contributed by atoms with van der Waals surface area (Å²) in [4.78, 5) is 67.0. The van der Waals surface area contributed by atoms with Crippen molar-refractivity contribution in [1.82, 2.24) is 21.3 Å². The van der Waals surface area contributed by atoms with E-state index < -0.39 is 54.1 Å². The molecule has 4 aliphatic carbocycles. The van der Waals surface area contributed by atoms with E-state index in [2.05, 4.69) is 42.0 Å². The summed E-state index contributed by atoms with van der Waals surface area (Å²) in [5, 5.41) is 36.1. The van der Waals surface area contributed by atoms with Crippen LogP contribution in [-0.4, -0.2) is 89.3 Å². The highest BCUT2D eigenvalue weighted by Crippen LogP contribution is 2.68. The highest BCUT2D eigenvalue weighted by atomic mass is 16.5. The number of rotatable bonds is 20. The fourth-order valence-corrected chi connectivity index (χ4v) is 12.8. The van der Waals surface area contributed by atoms with Crippen molar-refractivity contribution >= 4 is 29.6 Å². The topological polar surface area (TPSA) is 209 Å². The van der Waals surface area contributed by atoms with Gasteiger partial charge in [-0.05, 0) is 147 Å². The summed E-state index contributed by atoms with van der Waals surface area (Å²) < 4.78 is 4.91. The van der Waals surface area contributed by atoms with Crippen LogP contribution in [0.1, 0.15) is 160 Å². The molecule has 13 heteroatoms. The molecule has 0 spiro atoms. The summed E-state index contributed by atoms with van der Waals surface area (Å²) >= 11 is 0. The summed E-state index contributed by atoms with van der Waals surface area (Å²) in [6.45, 7) is 22.6. The number of hydrogen-bond donors (Lipinski definition) is 7. The van der Waals surface area contributed by atoms with Crippen LogP contribution in [0.15, 0.2) is 0 Å². The Bertz CT molecular complexity index is 1540. The minimum atomic E-state index is -0.918. The van der Waals surface area contributed by atoms with Gasteiger partial charge in [0.2, 0.25) is 23.6 Å². The van der Waals surface area contributed by atoms with Crippen molar-refractivity contribution in [3.8, 4) is 0 Å². The molecule has 0 aromatic rings. The zero-order valence-electron chi connectivity index (χ0n) is 40.4. The summed E-state index contributed by atoms with van der Waals surface area (Å²) in [6.07, 6.45) is 7.30. The Hall–Kier alpha value is -2.77. The van der Waals surface area contributed by atoms with E-state index in [-0.39, 0.29) is 87.9 Å². The molecule has 0 aromatic carbocycles. The molecule has 4 amide bonds. The van der Waals surface area contributed by atoms with Gasteiger partial charge in [-0.25, -0.2) is 0 Å². The quantitative estimate of drug-likeness (QED) is 0.0756. The number of hydrogen-bond acceptors (Lipinski definition) is 9. The van der Waals surface area contributed by atoms with Gasteiger partial charge in [-0.1, -0.05) is 76.2 Å². The highest BCUT2D eigenvalue weighted by Gasteiger charge is 2.65. The van der Waals surface area contributed by atoms with Crippen molar-refractivity contribution in [2.24, 2.45) is 75.7 Å². The second-order valence-electron chi connectivity index (χ2n) is 22.5. The molecule has 4 saturated carbocycles. The fourth-order valence-electron chi connectivity index (χ4n) is 12.8. The lowest BCUT2D eigenvalue weighted by molar-refractivity contribution is -0.202. The molecule has 0 heterocycles. The van der Waals surface area contributed by atoms with Crippen molar-refractivity contribution in [3.05, 3.63) is 0 Å². The number of esters is 1. The number of aliphatic hydroxyl groups excluding tert-OH is 2. The van der Waals surface area contributed by atoms with E-state index in [1.807, 2.05) is 55.4 Å². The summed E-state index contributed by atoms with van der Waals surface area (Å²) in [5.74, 6) is -0.165. The number of fused-ring (bicyclic) bond motifs is 5. The number of carbonyl (C=O) groups excluding carboxylic acids is 5. The van der Waals surface area contributed by atoms with Gasteiger partial charge in [0.15, 0.2) is 0 Å². The van der Waals surface area contributed by atoms with Crippen LogP contribution in [0.25, 0.3) is 0 Å². The molecule has 13 nitrogen and oxygen atoms in total. The third-order valence-corrected chi connectivity index (χ3v) is 16.0. The van der Waals surface area contributed by atoms with E-state index in [4.69, 9.17) is 10.5 Å². The largest absolute Gasteiger partial charge is 0.469 e. The molecular weight excluding hydrogens is 787 g/mol. The Labute approximate surface area is 373 Å². The number of amides is 4. The second-order valence-corrected chi connectivity index (χ2v) is 22.5. The second kappa shape index (κ2) is 21.9. The Kier molecular flexibility index (Phi) is 18.4. The van der Waals surface area contributed by atoms with Crippen LogP contribution in [0.2, 0.25) is 0 Å². The van der Waals surface area contributed by atoms with Gasteiger partial charge in [-0.15, -0.1) is 0 Å². The maximum atomic E-state index is 14.2. The van der Waals surface area contributed by atoms with Crippen molar-refractivity contribution < 1.29 is 38.9 Å². The molecule has 15 atom stereocenters. The van der Waals surface area contributed by atoms with Crippen LogP contribution in [-0.2, 0) is 28.7 Å². The standard InChI is InChI=1S/C49H87N5O8/c1-26(2)19-36(50)44(58)52-38(21-28(5)6)46(60)54-39(22-29(7)8)47(61)53-37(20-27(3)4)45(59)51-32-17-18-48(10)31(23-32)24-40(55)43-34-15-14-33(30(9)13-16-42(57)62-12)49(34,11)41(56)25-35(43)48/h26-41,43,55-56H,13-25,50H2,1-12H3,(H,51,59)(H,52,58)(H,53,61)(H,54,60)/t30?,31-,32-,33+,34?,35?,36?,37?,38?,39?,40?,41-,43?,48-,49+/m0/s1. The van der Waals surface area contributed by atoms with Gasteiger partial charge >= 0.3 is 5.97 Å². The van der Waals surface area contributed by atoms with Crippen molar-refractivity contribution in [3.63, 3.8) is 0 Å². The zero-order valence-corrected chi connectivity index (χ0v) is 40.4. The normalized spacial score (nSPS) is 33.1. The average Bonchev–Trinajstić information content (AvgIpc) is 3.54. The lowest BCUT2D eigenvalue weighted by Crippen LogP contribution is -2.63. The average molecular weight is 874 g/mol. The van der Waals surface area contributed by atoms with Crippen LogP contribution >= 0.6 is 0 Å².